The molecule has 2 aromatic rings. The Balaban J connectivity index is 1.89. The van der Waals surface area contributed by atoms with Crippen LogP contribution in [-0.2, 0) is 0 Å². The molecule has 4 rings (SSSR count). The molecule has 2 amide bonds. The lowest BCUT2D eigenvalue weighted by molar-refractivity contribution is -0.385. The first-order chi connectivity index (χ1) is 14.9. The van der Waals surface area contributed by atoms with Crippen molar-refractivity contribution in [1.82, 2.24) is 9.99 Å². The summed E-state index contributed by atoms with van der Waals surface area (Å²) in [5, 5.41) is 17.9. The van der Waals surface area contributed by atoms with Gasteiger partial charge in [-0.15, -0.1) is 0 Å². The Kier molecular flexibility index (Phi) is 5.91. The summed E-state index contributed by atoms with van der Waals surface area (Å²) in [5.74, 6) is 0.539. The molecule has 1 fully saturated rings. The predicted molar refractivity (Wildman–Crippen MR) is 120 cm³/mol. The summed E-state index contributed by atoms with van der Waals surface area (Å²) in [5.41, 5.74) is 2.18. The van der Waals surface area contributed by atoms with Gasteiger partial charge < -0.3 is 0 Å². The summed E-state index contributed by atoms with van der Waals surface area (Å²) >= 11 is 6.33. The first kappa shape index (κ1) is 21.2. The molecular formula is C22H24ClN5O3. The fourth-order valence-corrected chi connectivity index (χ4v) is 4.34. The average molecular weight is 442 g/mol. The van der Waals surface area contributed by atoms with Gasteiger partial charge in [0.2, 0.25) is 0 Å². The largest absolute Gasteiger partial charge is 0.350 e. The standard InChI is InChI=1S/C22H24ClN5O3/c1-14(2)27-22(29)26(20-11-9-17(13-24-20)28(30)31)19-12-16(23)8-10-18(19)21(25-27)15-6-4-3-5-7-15/h8-15H,3-7H2,1-2H3. The number of halogens is 1. The van der Waals surface area contributed by atoms with Crippen LogP contribution in [-0.4, -0.2) is 32.7 Å². The van der Waals surface area contributed by atoms with Gasteiger partial charge in [0.05, 0.1) is 22.4 Å². The number of hydrazone groups is 1. The minimum absolute atomic E-state index is 0.141. The molecule has 8 nitrogen and oxygen atoms in total. The van der Waals surface area contributed by atoms with Gasteiger partial charge in [0.25, 0.3) is 5.69 Å². The third-order valence-electron chi connectivity index (χ3n) is 5.73. The Hall–Kier alpha value is -3.00. The third-order valence-corrected chi connectivity index (χ3v) is 5.97. The lowest BCUT2D eigenvalue weighted by Gasteiger charge is -2.27. The summed E-state index contributed by atoms with van der Waals surface area (Å²) in [6.45, 7) is 3.81. The molecule has 2 heterocycles. The molecule has 0 saturated heterocycles. The number of pyridine rings is 1. The van der Waals surface area contributed by atoms with Crippen molar-refractivity contribution in [2.45, 2.75) is 52.0 Å². The highest BCUT2D eigenvalue weighted by atomic mass is 35.5. The van der Waals surface area contributed by atoms with Gasteiger partial charge in [-0.05, 0) is 51.0 Å². The summed E-state index contributed by atoms with van der Waals surface area (Å²) in [6.07, 6.45) is 6.68. The number of carbonyl (C=O) groups is 1. The second-order valence-electron chi connectivity index (χ2n) is 8.17. The quantitative estimate of drug-likeness (QED) is 0.435. The van der Waals surface area contributed by atoms with E-state index in [4.69, 9.17) is 16.7 Å². The highest BCUT2D eigenvalue weighted by Gasteiger charge is 2.35. The molecule has 0 N–H and O–H groups in total. The van der Waals surface area contributed by atoms with Gasteiger partial charge in [-0.2, -0.15) is 5.10 Å². The second-order valence-corrected chi connectivity index (χ2v) is 8.61. The lowest BCUT2D eigenvalue weighted by atomic mass is 9.83. The van der Waals surface area contributed by atoms with E-state index in [2.05, 4.69) is 4.98 Å². The number of carbonyl (C=O) groups excluding carboxylic acids is 1. The van der Waals surface area contributed by atoms with Gasteiger partial charge in [-0.1, -0.05) is 30.9 Å². The van der Waals surface area contributed by atoms with E-state index in [1.165, 1.54) is 28.5 Å². The monoisotopic (exact) mass is 441 g/mol. The number of rotatable bonds is 4. The molecule has 0 bridgehead atoms. The highest BCUT2D eigenvalue weighted by molar-refractivity contribution is 6.31. The van der Waals surface area contributed by atoms with E-state index in [0.29, 0.717) is 10.7 Å². The molecule has 1 aliphatic heterocycles. The van der Waals surface area contributed by atoms with Crippen molar-refractivity contribution in [2.75, 3.05) is 4.90 Å². The molecule has 31 heavy (non-hydrogen) atoms. The normalized spacial score (nSPS) is 17.4. The van der Waals surface area contributed by atoms with Crippen LogP contribution < -0.4 is 4.90 Å². The van der Waals surface area contributed by atoms with Gasteiger partial charge in [-0.3, -0.25) is 10.1 Å². The van der Waals surface area contributed by atoms with Crippen LogP contribution in [0.3, 0.4) is 0 Å². The number of hydrogen-bond acceptors (Lipinski definition) is 5. The van der Waals surface area contributed by atoms with Gasteiger partial charge >= 0.3 is 6.03 Å². The van der Waals surface area contributed by atoms with E-state index in [1.54, 1.807) is 12.1 Å². The van der Waals surface area contributed by atoms with Crippen LogP contribution in [0, 0.1) is 16.0 Å². The number of aromatic nitrogens is 1. The SMILES string of the molecule is CC(C)N1N=C(C2CCCCC2)c2ccc(Cl)cc2N(c2ccc([N+](=O)[O-])cn2)C1=O. The van der Waals surface area contributed by atoms with Gasteiger partial charge in [0.1, 0.15) is 12.0 Å². The van der Waals surface area contributed by atoms with E-state index in [-0.39, 0.29) is 29.5 Å². The van der Waals surface area contributed by atoms with Crippen molar-refractivity contribution >= 4 is 40.5 Å². The molecule has 162 valence electrons. The zero-order valence-electron chi connectivity index (χ0n) is 17.5. The number of amides is 2. The smallest absolute Gasteiger partial charge is 0.258 e. The molecule has 1 aromatic carbocycles. The van der Waals surface area contributed by atoms with E-state index >= 15 is 0 Å². The zero-order chi connectivity index (χ0) is 22.1. The molecule has 1 aromatic heterocycles. The van der Waals surface area contributed by atoms with Crippen molar-refractivity contribution < 1.29 is 9.72 Å². The van der Waals surface area contributed by atoms with Crippen molar-refractivity contribution in [1.29, 1.82) is 0 Å². The fraction of sp³-hybridized carbons (Fsp3) is 0.409. The van der Waals surface area contributed by atoms with Crippen molar-refractivity contribution in [3.63, 3.8) is 0 Å². The molecule has 0 spiro atoms. The van der Waals surface area contributed by atoms with Crippen LogP contribution in [0.1, 0.15) is 51.5 Å². The Morgan fingerprint density at radius 2 is 1.90 bits per heavy atom. The molecule has 2 aliphatic rings. The van der Waals surface area contributed by atoms with Crippen molar-refractivity contribution in [3.05, 3.63) is 57.2 Å². The molecule has 0 radical (unpaired) electrons. The van der Waals surface area contributed by atoms with Gasteiger partial charge in [0.15, 0.2) is 0 Å². The first-order valence-corrected chi connectivity index (χ1v) is 10.9. The average Bonchev–Trinajstić information content (AvgIpc) is 2.88. The molecule has 0 unspecified atom stereocenters. The van der Waals surface area contributed by atoms with Crippen LogP contribution >= 0.6 is 11.6 Å². The maximum absolute atomic E-state index is 13.6. The van der Waals surface area contributed by atoms with Crippen LogP contribution in [0.25, 0.3) is 0 Å². The molecule has 1 saturated carbocycles. The van der Waals surface area contributed by atoms with Crippen molar-refractivity contribution in [2.24, 2.45) is 11.0 Å². The molecule has 1 aliphatic carbocycles. The maximum Gasteiger partial charge on any atom is 0.350 e. The van der Waals surface area contributed by atoms with Crippen LogP contribution in [0.15, 0.2) is 41.6 Å². The highest BCUT2D eigenvalue weighted by Crippen LogP contribution is 2.38. The van der Waals surface area contributed by atoms with Crippen molar-refractivity contribution in [3.8, 4) is 0 Å². The Morgan fingerprint density at radius 3 is 2.52 bits per heavy atom. The maximum atomic E-state index is 13.6. The minimum atomic E-state index is -0.517. The fourth-order valence-electron chi connectivity index (χ4n) is 4.18. The van der Waals surface area contributed by atoms with Crippen LogP contribution in [0.5, 0.6) is 0 Å². The lowest BCUT2D eigenvalue weighted by Crippen LogP contribution is -2.41. The summed E-state index contributed by atoms with van der Waals surface area (Å²) in [7, 11) is 0. The molecular weight excluding hydrogens is 418 g/mol. The summed E-state index contributed by atoms with van der Waals surface area (Å²) in [4.78, 5) is 29.8. The Bertz CT molecular complexity index is 1030. The summed E-state index contributed by atoms with van der Waals surface area (Å²) in [6, 6.07) is 7.70. The number of urea groups is 1. The third kappa shape index (κ3) is 4.12. The predicted octanol–water partition coefficient (Wildman–Crippen LogP) is 5.91. The number of benzene rings is 1. The molecule has 9 heteroatoms. The van der Waals surface area contributed by atoms with Gasteiger partial charge in [0, 0.05) is 22.6 Å². The Labute approximate surface area is 185 Å². The van der Waals surface area contributed by atoms with E-state index in [0.717, 1.165) is 43.2 Å². The molecule has 0 atom stereocenters. The van der Waals surface area contributed by atoms with Crippen LogP contribution in [0.4, 0.5) is 22.0 Å². The van der Waals surface area contributed by atoms with E-state index in [9.17, 15) is 14.9 Å². The summed E-state index contributed by atoms with van der Waals surface area (Å²) < 4.78 is 0. The van der Waals surface area contributed by atoms with E-state index < -0.39 is 4.92 Å². The second kappa shape index (κ2) is 8.63. The van der Waals surface area contributed by atoms with E-state index in [1.807, 2.05) is 19.9 Å². The van der Waals surface area contributed by atoms with Gasteiger partial charge in [-0.25, -0.2) is 19.7 Å². The van der Waals surface area contributed by atoms with Crippen LogP contribution in [0.2, 0.25) is 5.02 Å². The number of anilines is 2. The number of hydrogen-bond donors (Lipinski definition) is 0. The zero-order valence-corrected chi connectivity index (χ0v) is 18.2. The first-order valence-electron chi connectivity index (χ1n) is 10.5. The Morgan fingerprint density at radius 1 is 1.16 bits per heavy atom. The number of nitro groups is 1. The number of nitrogens with zero attached hydrogens (tertiary/aromatic N) is 5. The minimum Gasteiger partial charge on any atom is -0.258 e. The number of fused-ring (bicyclic) bond motifs is 1. The topological polar surface area (TPSA) is 91.9 Å².